The van der Waals surface area contributed by atoms with E-state index in [2.05, 4.69) is 22.6 Å². The van der Waals surface area contributed by atoms with E-state index in [1.54, 1.807) is 4.68 Å². The van der Waals surface area contributed by atoms with Gasteiger partial charge >= 0.3 is 0 Å². The second-order valence-electron chi connectivity index (χ2n) is 6.18. The van der Waals surface area contributed by atoms with Crippen molar-refractivity contribution in [2.75, 3.05) is 6.54 Å². The van der Waals surface area contributed by atoms with Crippen molar-refractivity contribution in [3.63, 3.8) is 0 Å². The molecule has 6 heteroatoms. The highest BCUT2D eigenvalue weighted by Crippen LogP contribution is 2.23. The van der Waals surface area contributed by atoms with Crippen LogP contribution in [0.3, 0.4) is 0 Å². The number of nitrogens with zero attached hydrogens (tertiary/aromatic N) is 3. The Bertz CT molecular complexity index is 437. The first kappa shape index (κ1) is 15.9. The van der Waals surface area contributed by atoms with E-state index in [9.17, 15) is 4.79 Å². The van der Waals surface area contributed by atoms with E-state index >= 15 is 0 Å². The summed E-state index contributed by atoms with van der Waals surface area (Å²) < 4.78 is 1.62. The molecule has 0 bridgehead atoms. The highest BCUT2D eigenvalue weighted by Gasteiger charge is 2.19. The Morgan fingerprint density at radius 2 is 2.14 bits per heavy atom. The third-order valence-electron chi connectivity index (χ3n) is 4.16. The summed E-state index contributed by atoms with van der Waals surface area (Å²) >= 11 is 0. The van der Waals surface area contributed by atoms with Gasteiger partial charge < -0.3 is 11.1 Å². The van der Waals surface area contributed by atoms with Crippen molar-refractivity contribution in [2.45, 2.75) is 64.5 Å². The van der Waals surface area contributed by atoms with Crippen molar-refractivity contribution in [3.8, 4) is 0 Å². The number of unbranched alkanes of at least 4 members (excludes halogenated alkanes) is 1. The summed E-state index contributed by atoms with van der Waals surface area (Å²) in [6, 6.07) is 0.334. The van der Waals surface area contributed by atoms with Gasteiger partial charge in [0.2, 0.25) is 5.91 Å². The minimum Gasteiger partial charge on any atom is -0.352 e. The highest BCUT2D eigenvalue weighted by atomic mass is 16.2. The molecule has 1 aliphatic rings. The average molecular weight is 293 g/mol. The fourth-order valence-corrected chi connectivity index (χ4v) is 2.81. The van der Waals surface area contributed by atoms with Crippen LogP contribution in [-0.2, 0) is 17.8 Å². The summed E-state index contributed by atoms with van der Waals surface area (Å²) in [6.07, 6.45) is 9.34. The summed E-state index contributed by atoms with van der Waals surface area (Å²) in [6.45, 7) is 3.24. The van der Waals surface area contributed by atoms with Gasteiger partial charge in [-0.05, 0) is 57.4 Å². The number of carbonyl (C=O) groups is 1. The first-order chi connectivity index (χ1) is 10.2. The lowest BCUT2D eigenvalue weighted by molar-refractivity contribution is -0.122. The molecule has 0 aromatic carbocycles. The Balaban J connectivity index is 1.72. The molecule has 0 unspecified atom stereocenters. The molecule has 0 aliphatic heterocycles. The van der Waals surface area contributed by atoms with Crippen LogP contribution in [0, 0.1) is 5.92 Å². The van der Waals surface area contributed by atoms with Crippen LogP contribution in [0.25, 0.3) is 0 Å². The summed E-state index contributed by atoms with van der Waals surface area (Å²) in [5.41, 5.74) is 6.40. The third kappa shape index (κ3) is 5.46. The summed E-state index contributed by atoms with van der Waals surface area (Å²) in [4.78, 5) is 12.0. The molecule has 21 heavy (non-hydrogen) atoms. The predicted octanol–water partition coefficient (Wildman–Crippen LogP) is 1.25. The van der Waals surface area contributed by atoms with Gasteiger partial charge in [0.25, 0.3) is 0 Å². The second-order valence-corrected chi connectivity index (χ2v) is 6.18. The van der Waals surface area contributed by atoms with Crippen LogP contribution in [0.2, 0.25) is 0 Å². The zero-order chi connectivity index (χ0) is 15.1. The van der Waals surface area contributed by atoms with Crippen LogP contribution in [-0.4, -0.2) is 33.5 Å². The molecule has 0 saturated heterocycles. The third-order valence-corrected chi connectivity index (χ3v) is 4.16. The Hall–Kier alpha value is -1.43. The normalized spacial score (nSPS) is 22.2. The highest BCUT2D eigenvalue weighted by molar-refractivity contribution is 5.75. The fourth-order valence-electron chi connectivity index (χ4n) is 2.81. The molecular weight excluding hydrogens is 266 g/mol. The first-order valence-corrected chi connectivity index (χ1v) is 8.06. The van der Waals surface area contributed by atoms with Crippen molar-refractivity contribution in [3.05, 3.63) is 11.9 Å². The molecule has 1 fully saturated rings. The molecule has 118 valence electrons. The number of aromatic nitrogens is 3. The van der Waals surface area contributed by atoms with Gasteiger partial charge in [0.15, 0.2) is 0 Å². The quantitative estimate of drug-likeness (QED) is 0.741. The summed E-state index contributed by atoms with van der Waals surface area (Å²) in [7, 11) is 0. The van der Waals surface area contributed by atoms with E-state index in [4.69, 9.17) is 5.73 Å². The van der Waals surface area contributed by atoms with Gasteiger partial charge in [-0.1, -0.05) is 12.1 Å². The topological polar surface area (TPSA) is 85.8 Å². The summed E-state index contributed by atoms with van der Waals surface area (Å²) in [5, 5.41) is 11.2. The minimum atomic E-state index is 0.0351. The lowest BCUT2D eigenvalue weighted by Gasteiger charge is -2.26. The van der Waals surface area contributed by atoms with E-state index < -0.39 is 0 Å². The van der Waals surface area contributed by atoms with E-state index in [1.807, 2.05) is 6.20 Å². The van der Waals surface area contributed by atoms with E-state index in [0.29, 0.717) is 12.6 Å². The molecule has 1 aliphatic carbocycles. The number of aryl methyl sites for hydroxylation is 1. The molecule has 1 saturated carbocycles. The van der Waals surface area contributed by atoms with Crippen molar-refractivity contribution < 1.29 is 4.79 Å². The smallest absolute Gasteiger partial charge is 0.242 e. The van der Waals surface area contributed by atoms with Crippen molar-refractivity contribution in [1.29, 1.82) is 0 Å². The Kier molecular flexibility index (Phi) is 6.17. The standard InChI is InChI=1S/C15H27N5O/c1-12-5-7-13(8-6-12)17-15(21)11-20-10-14(18-19-20)4-2-3-9-16/h10,12-13H,2-9,11,16H2,1H3,(H,17,21). The molecule has 1 heterocycles. The lowest BCUT2D eigenvalue weighted by atomic mass is 9.87. The zero-order valence-electron chi connectivity index (χ0n) is 12.9. The van der Waals surface area contributed by atoms with Gasteiger partial charge in [-0.3, -0.25) is 4.79 Å². The number of nitrogens with two attached hydrogens (primary N) is 1. The molecule has 1 aromatic rings. The van der Waals surface area contributed by atoms with Crippen LogP contribution in [0.15, 0.2) is 6.20 Å². The van der Waals surface area contributed by atoms with Crippen LogP contribution in [0.5, 0.6) is 0 Å². The van der Waals surface area contributed by atoms with Gasteiger partial charge in [0, 0.05) is 12.2 Å². The van der Waals surface area contributed by atoms with Crippen LogP contribution in [0.1, 0.15) is 51.1 Å². The first-order valence-electron chi connectivity index (χ1n) is 8.06. The number of hydrogen-bond donors (Lipinski definition) is 2. The van der Waals surface area contributed by atoms with E-state index in [1.165, 1.54) is 12.8 Å². The molecule has 1 amide bonds. The summed E-state index contributed by atoms with van der Waals surface area (Å²) in [5.74, 6) is 0.831. The monoisotopic (exact) mass is 293 g/mol. The van der Waals surface area contributed by atoms with Crippen LogP contribution in [0.4, 0.5) is 0 Å². The number of amides is 1. The maximum Gasteiger partial charge on any atom is 0.242 e. The number of carbonyl (C=O) groups excluding carboxylic acids is 1. The Morgan fingerprint density at radius 3 is 2.86 bits per heavy atom. The molecule has 0 atom stereocenters. The second kappa shape index (κ2) is 8.12. The minimum absolute atomic E-state index is 0.0351. The zero-order valence-corrected chi connectivity index (χ0v) is 12.9. The Labute approximate surface area is 126 Å². The van der Waals surface area contributed by atoms with Gasteiger partial charge in [0.05, 0.1) is 5.69 Å². The number of nitrogens with one attached hydrogen (secondary N) is 1. The maximum atomic E-state index is 12.0. The van der Waals surface area contributed by atoms with Crippen molar-refractivity contribution in [2.24, 2.45) is 11.7 Å². The van der Waals surface area contributed by atoms with Gasteiger partial charge in [0.1, 0.15) is 6.54 Å². The van der Waals surface area contributed by atoms with Crippen LogP contribution < -0.4 is 11.1 Å². The van der Waals surface area contributed by atoms with E-state index in [-0.39, 0.29) is 12.5 Å². The molecular formula is C15H27N5O. The van der Waals surface area contributed by atoms with Gasteiger partial charge in [-0.25, -0.2) is 4.68 Å². The molecule has 3 N–H and O–H groups in total. The fraction of sp³-hybridized carbons (Fsp3) is 0.800. The molecule has 1 aromatic heterocycles. The largest absolute Gasteiger partial charge is 0.352 e. The lowest BCUT2D eigenvalue weighted by Crippen LogP contribution is -2.39. The van der Waals surface area contributed by atoms with Crippen LogP contribution >= 0.6 is 0 Å². The van der Waals surface area contributed by atoms with Crippen molar-refractivity contribution in [1.82, 2.24) is 20.3 Å². The molecule has 0 spiro atoms. The number of hydrogen-bond acceptors (Lipinski definition) is 4. The van der Waals surface area contributed by atoms with E-state index in [0.717, 1.165) is 43.7 Å². The van der Waals surface area contributed by atoms with Gasteiger partial charge in [-0.15, -0.1) is 5.10 Å². The van der Waals surface area contributed by atoms with Gasteiger partial charge in [-0.2, -0.15) is 0 Å². The SMILES string of the molecule is CC1CCC(NC(=O)Cn2cc(CCCCN)nn2)CC1. The van der Waals surface area contributed by atoms with Crippen molar-refractivity contribution >= 4 is 5.91 Å². The number of rotatable bonds is 7. The average Bonchev–Trinajstić information content (AvgIpc) is 2.89. The predicted molar refractivity (Wildman–Crippen MR) is 81.6 cm³/mol. The molecule has 2 rings (SSSR count). The molecule has 6 nitrogen and oxygen atoms in total. The molecule has 0 radical (unpaired) electrons. The Morgan fingerprint density at radius 1 is 1.38 bits per heavy atom. The maximum absolute atomic E-state index is 12.0.